The number of nitrogens with zero attached hydrogens (tertiary/aromatic N) is 1. The van der Waals surface area contributed by atoms with E-state index < -0.39 is 0 Å². The molecule has 2 rings (SSSR count). The van der Waals surface area contributed by atoms with Crippen LogP contribution < -0.4 is 10.6 Å². The Bertz CT molecular complexity index is 815. The van der Waals surface area contributed by atoms with Gasteiger partial charge in [-0.05, 0) is 48.6 Å². The number of urea groups is 1. The number of aryl methyl sites for hydroxylation is 2. The molecule has 0 aliphatic carbocycles. The quantitative estimate of drug-likeness (QED) is 0.803. The summed E-state index contributed by atoms with van der Waals surface area (Å²) in [6.45, 7) is 6.19. The van der Waals surface area contributed by atoms with Crippen LogP contribution in [-0.4, -0.2) is 30.9 Å². The standard InChI is InChI=1S/C22H29N3O2/c1-6-19(18-12-11-15(2)16(3)13-18)23-22(27)24-20-10-8-7-9-17(20)14-21(26)25(4)5/h7-13,19H,6,14H2,1-5H3,(H2,23,24,27)/t19-/m0/s1. The zero-order chi connectivity index (χ0) is 20.0. The Morgan fingerprint density at radius 2 is 1.74 bits per heavy atom. The van der Waals surface area contributed by atoms with Gasteiger partial charge < -0.3 is 15.5 Å². The van der Waals surface area contributed by atoms with Crippen molar-refractivity contribution in [3.05, 3.63) is 64.7 Å². The average molecular weight is 367 g/mol. The molecule has 0 unspecified atom stereocenters. The summed E-state index contributed by atoms with van der Waals surface area (Å²) in [7, 11) is 3.45. The molecule has 5 nitrogen and oxygen atoms in total. The predicted octanol–water partition coefficient (Wildman–Crippen LogP) is 4.21. The Morgan fingerprint density at radius 3 is 2.37 bits per heavy atom. The fourth-order valence-corrected chi connectivity index (χ4v) is 2.84. The van der Waals surface area contributed by atoms with Gasteiger partial charge in [-0.25, -0.2) is 4.79 Å². The van der Waals surface area contributed by atoms with Gasteiger partial charge in [-0.3, -0.25) is 4.79 Å². The molecule has 0 saturated carbocycles. The summed E-state index contributed by atoms with van der Waals surface area (Å²) in [5.74, 6) is -0.00813. The molecule has 0 aliphatic heterocycles. The third-order valence-electron chi connectivity index (χ3n) is 4.75. The molecule has 0 saturated heterocycles. The van der Waals surface area contributed by atoms with Crippen LogP contribution in [0.2, 0.25) is 0 Å². The minimum absolute atomic E-state index is 0.00813. The van der Waals surface area contributed by atoms with Crippen molar-refractivity contribution in [2.75, 3.05) is 19.4 Å². The highest BCUT2D eigenvalue weighted by atomic mass is 16.2. The van der Waals surface area contributed by atoms with Gasteiger partial charge in [0.15, 0.2) is 0 Å². The smallest absolute Gasteiger partial charge is 0.319 e. The van der Waals surface area contributed by atoms with Crippen molar-refractivity contribution in [2.24, 2.45) is 0 Å². The van der Waals surface area contributed by atoms with E-state index in [1.165, 1.54) is 11.1 Å². The Labute approximate surface area is 161 Å². The van der Waals surface area contributed by atoms with Crippen LogP contribution in [-0.2, 0) is 11.2 Å². The highest BCUT2D eigenvalue weighted by Crippen LogP contribution is 2.21. The topological polar surface area (TPSA) is 61.4 Å². The summed E-state index contributed by atoms with van der Waals surface area (Å²) in [6, 6.07) is 13.3. The lowest BCUT2D eigenvalue weighted by atomic mass is 9.99. The minimum atomic E-state index is -0.273. The highest BCUT2D eigenvalue weighted by Gasteiger charge is 2.15. The summed E-state index contributed by atoms with van der Waals surface area (Å²) in [6.07, 6.45) is 1.04. The molecule has 0 radical (unpaired) electrons. The minimum Gasteiger partial charge on any atom is -0.349 e. The highest BCUT2D eigenvalue weighted by molar-refractivity contribution is 5.91. The van der Waals surface area contributed by atoms with Crippen molar-refractivity contribution in [3.63, 3.8) is 0 Å². The molecule has 0 aromatic heterocycles. The SMILES string of the molecule is CC[C@H](NC(=O)Nc1ccccc1CC(=O)N(C)C)c1ccc(C)c(C)c1. The first-order chi connectivity index (χ1) is 12.8. The van der Waals surface area contributed by atoms with Gasteiger partial charge in [-0.2, -0.15) is 0 Å². The number of para-hydroxylation sites is 1. The number of anilines is 1. The van der Waals surface area contributed by atoms with Gasteiger partial charge in [0.1, 0.15) is 0 Å². The molecule has 0 bridgehead atoms. The first-order valence-electron chi connectivity index (χ1n) is 9.24. The maximum absolute atomic E-state index is 12.6. The van der Waals surface area contributed by atoms with E-state index in [9.17, 15) is 9.59 Å². The molecule has 2 aromatic rings. The van der Waals surface area contributed by atoms with Gasteiger partial charge in [0, 0.05) is 19.8 Å². The monoisotopic (exact) mass is 367 g/mol. The summed E-state index contributed by atoms with van der Waals surface area (Å²) in [5, 5.41) is 5.93. The average Bonchev–Trinajstić information content (AvgIpc) is 2.63. The molecule has 2 aromatic carbocycles. The van der Waals surface area contributed by atoms with E-state index >= 15 is 0 Å². The Kier molecular flexibility index (Phi) is 6.99. The zero-order valence-corrected chi connectivity index (χ0v) is 16.8. The summed E-state index contributed by atoms with van der Waals surface area (Å²) >= 11 is 0. The lowest BCUT2D eigenvalue weighted by Gasteiger charge is -2.20. The number of carbonyl (C=O) groups excluding carboxylic acids is 2. The van der Waals surface area contributed by atoms with Gasteiger partial charge in [0.05, 0.1) is 12.5 Å². The van der Waals surface area contributed by atoms with Crippen molar-refractivity contribution < 1.29 is 9.59 Å². The van der Waals surface area contributed by atoms with Crippen molar-refractivity contribution in [1.82, 2.24) is 10.2 Å². The number of carbonyl (C=O) groups is 2. The lowest BCUT2D eigenvalue weighted by molar-refractivity contribution is -0.127. The van der Waals surface area contributed by atoms with E-state index in [2.05, 4.69) is 42.7 Å². The predicted molar refractivity (Wildman–Crippen MR) is 110 cm³/mol. The molecule has 1 atom stereocenters. The number of rotatable bonds is 6. The zero-order valence-electron chi connectivity index (χ0n) is 16.8. The van der Waals surface area contributed by atoms with E-state index in [0.717, 1.165) is 17.5 Å². The maximum atomic E-state index is 12.6. The number of likely N-dealkylation sites (N-methyl/N-ethyl adjacent to an activating group) is 1. The summed E-state index contributed by atoms with van der Waals surface area (Å²) < 4.78 is 0. The molecule has 0 fully saturated rings. The second-order valence-corrected chi connectivity index (χ2v) is 7.03. The second kappa shape index (κ2) is 9.21. The summed E-state index contributed by atoms with van der Waals surface area (Å²) in [4.78, 5) is 26.1. The van der Waals surface area contributed by atoms with E-state index in [-0.39, 0.29) is 24.4 Å². The molecule has 0 aliphatic rings. The van der Waals surface area contributed by atoms with Crippen molar-refractivity contribution in [2.45, 2.75) is 39.7 Å². The van der Waals surface area contributed by atoms with E-state index in [0.29, 0.717) is 5.69 Å². The number of benzene rings is 2. The van der Waals surface area contributed by atoms with Crippen LogP contribution >= 0.6 is 0 Å². The third-order valence-corrected chi connectivity index (χ3v) is 4.75. The molecule has 5 heteroatoms. The third kappa shape index (κ3) is 5.58. The maximum Gasteiger partial charge on any atom is 0.319 e. The van der Waals surface area contributed by atoms with Gasteiger partial charge in [-0.1, -0.05) is 43.3 Å². The second-order valence-electron chi connectivity index (χ2n) is 7.03. The van der Waals surface area contributed by atoms with Crippen LogP contribution in [0.5, 0.6) is 0 Å². The van der Waals surface area contributed by atoms with E-state index in [1.807, 2.05) is 31.2 Å². The number of hydrogen-bond donors (Lipinski definition) is 2. The molecule has 27 heavy (non-hydrogen) atoms. The van der Waals surface area contributed by atoms with Crippen LogP contribution in [0.1, 0.15) is 41.6 Å². The van der Waals surface area contributed by atoms with Crippen LogP contribution in [0, 0.1) is 13.8 Å². The molecular formula is C22H29N3O2. The number of amides is 3. The molecule has 0 heterocycles. The molecule has 144 valence electrons. The fourth-order valence-electron chi connectivity index (χ4n) is 2.84. The Morgan fingerprint density at radius 1 is 1.04 bits per heavy atom. The van der Waals surface area contributed by atoms with Crippen LogP contribution in [0.15, 0.2) is 42.5 Å². The molecule has 2 N–H and O–H groups in total. The first-order valence-corrected chi connectivity index (χ1v) is 9.24. The van der Waals surface area contributed by atoms with E-state index in [4.69, 9.17) is 0 Å². The lowest BCUT2D eigenvalue weighted by Crippen LogP contribution is -2.33. The van der Waals surface area contributed by atoms with Gasteiger partial charge >= 0.3 is 6.03 Å². The Hall–Kier alpha value is -2.82. The molecular weight excluding hydrogens is 338 g/mol. The molecule has 3 amide bonds. The van der Waals surface area contributed by atoms with Gasteiger partial charge in [0.25, 0.3) is 0 Å². The summed E-state index contributed by atoms with van der Waals surface area (Å²) in [5.41, 5.74) is 4.98. The van der Waals surface area contributed by atoms with Crippen molar-refractivity contribution >= 4 is 17.6 Å². The molecule has 0 spiro atoms. The van der Waals surface area contributed by atoms with E-state index in [1.54, 1.807) is 19.0 Å². The Balaban J connectivity index is 2.10. The number of hydrogen-bond acceptors (Lipinski definition) is 2. The van der Waals surface area contributed by atoms with Crippen molar-refractivity contribution in [3.8, 4) is 0 Å². The van der Waals surface area contributed by atoms with Crippen LogP contribution in [0.3, 0.4) is 0 Å². The normalized spacial score (nSPS) is 11.6. The van der Waals surface area contributed by atoms with Crippen LogP contribution in [0.4, 0.5) is 10.5 Å². The first kappa shape index (κ1) is 20.5. The van der Waals surface area contributed by atoms with Crippen LogP contribution in [0.25, 0.3) is 0 Å². The fraction of sp³-hybridized carbons (Fsp3) is 0.364. The van der Waals surface area contributed by atoms with Gasteiger partial charge in [0.2, 0.25) is 5.91 Å². The largest absolute Gasteiger partial charge is 0.349 e. The van der Waals surface area contributed by atoms with Crippen molar-refractivity contribution in [1.29, 1.82) is 0 Å². The van der Waals surface area contributed by atoms with Gasteiger partial charge in [-0.15, -0.1) is 0 Å². The number of nitrogens with one attached hydrogen (secondary N) is 2.